The number of halogens is 1. The maximum absolute atomic E-state index is 14.0. The summed E-state index contributed by atoms with van der Waals surface area (Å²) in [6.45, 7) is 5.91. The molecule has 0 unspecified atom stereocenters. The van der Waals surface area contributed by atoms with Crippen molar-refractivity contribution in [1.29, 1.82) is 5.26 Å². The number of hydrogen-bond donors (Lipinski definition) is 0. The van der Waals surface area contributed by atoms with E-state index in [0.29, 0.717) is 65.8 Å². The smallest absolute Gasteiger partial charge is 0.338 e. The van der Waals surface area contributed by atoms with Crippen LogP contribution in [0, 0.1) is 11.3 Å². The Balaban J connectivity index is 1.69. The monoisotopic (exact) mass is 647 g/mol. The number of methoxy groups -OCH3 is 1. The van der Waals surface area contributed by atoms with Crippen LogP contribution in [0.4, 0.5) is 0 Å². The van der Waals surface area contributed by atoms with Crippen molar-refractivity contribution in [2.75, 3.05) is 20.3 Å². The quantitative estimate of drug-likeness (QED) is 0.244. The van der Waals surface area contributed by atoms with E-state index in [0.717, 1.165) is 0 Å². The normalized spacial score (nSPS) is 14.7. The van der Waals surface area contributed by atoms with E-state index in [9.17, 15) is 14.9 Å². The highest BCUT2D eigenvalue weighted by molar-refractivity contribution is 9.10. The minimum absolute atomic E-state index is 0.163. The summed E-state index contributed by atoms with van der Waals surface area (Å²) in [6, 6.07) is 15.5. The van der Waals surface area contributed by atoms with Crippen LogP contribution in [0.25, 0.3) is 17.4 Å². The molecule has 0 saturated carbocycles. The highest BCUT2D eigenvalue weighted by atomic mass is 79.9. The van der Waals surface area contributed by atoms with Gasteiger partial charge in [0.25, 0.3) is 5.56 Å². The molecule has 0 radical (unpaired) electrons. The van der Waals surface area contributed by atoms with Gasteiger partial charge in [0.15, 0.2) is 16.3 Å². The fourth-order valence-corrected chi connectivity index (χ4v) is 6.34. The van der Waals surface area contributed by atoms with Crippen LogP contribution in [0.5, 0.6) is 11.5 Å². The lowest BCUT2D eigenvalue weighted by atomic mass is 9.95. The van der Waals surface area contributed by atoms with Crippen LogP contribution in [0.15, 0.2) is 78.5 Å². The number of benzene rings is 2. The van der Waals surface area contributed by atoms with Gasteiger partial charge in [0.1, 0.15) is 11.5 Å². The molecule has 5 rings (SSSR count). The van der Waals surface area contributed by atoms with E-state index in [-0.39, 0.29) is 17.7 Å². The molecule has 2 aromatic carbocycles. The topological polar surface area (TPSA) is 116 Å². The lowest BCUT2D eigenvalue weighted by Gasteiger charge is -2.26. The summed E-state index contributed by atoms with van der Waals surface area (Å²) in [5.74, 6) is 1.35. The Kier molecular flexibility index (Phi) is 8.47. The van der Waals surface area contributed by atoms with Crippen molar-refractivity contribution in [3.8, 4) is 28.9 Å². The maximum atomic E-state index is 14.0. The van der Waals surface area contributed by atoms with Crippen LogP contribution in [0.2, 0.25) is 0 Å². The first kappa shape index (κ1) is 29.1. The number of allylic oxidation sites excluding steroid dienone is 1. The van der Waals surface area contributed by atoms with E-state index in [2.05, 4.69) is 27.0 Å². The van der Waals surface area contributed by atoms with Crippen LogP contribution in [-0.2, 0) is 9.53 Å². The van der Waals surface area contributed by atoms with E-state index in [1.165, 1.54) is 23.0 Å². The second-order valence-electron chi connectivity index (χ2n) is 9.12. The molecule has 0 aliphatic carbocycles. The van der Waals surface area contributed by atoms with Gasteiger partial charge in [-0.25, -0.2) is 9.79 Å². The fourth-order valence-electron chi connectivity index (χ4n) is 4.77. The standard InChI is InChI=1S/C31H26BrN3O6S/c1-5-39-25-15-22(32)21(14-24(25)38-4)28-27(30(37)40-6-2)17(3)34-31-35(28)29(36)26(42-31)13-19-11-12-23(41-19)20-10-8-7-9-18(20)16-33/h7-15,28H,5-6H2,1-4H3/b26-13+/t28-/m1/s1. The van der Waals surface area contributed by atoms with Crippen LogP contribution in [0.1, 0.15) is 43.7 Å². The first-order valence-electron chi connectivity index (χ1n) is 13.1. The van der Waals surface area contributed by atoms with Crippen molar-refractivity contribution < 1.29 is 23.4 Å². The molecule has 0 amide bonds. The highest BCUT2D eigenvalue weighted by Crippen LogP contribution is 2.41. The molecular formula is C31H26BrN3O6S. The third-order valence-corrected chi connectivity index (χ3v) is 8.28. The zero-order chi connectivity index (χ0) is 30.0. The first-order chi connectivity index (χ1) is 20.3. The van der Waals surface area contributed by atoms with Gasteiger partial charge < -0.3 is 18.6 Å². The van der Waals surface area contributed by atoms with Gasteiger partial charge in [-0.2, -0.15) is 5.26 Å². The summed E-state index contributed by atoms with van der Waals surface area (Å²) < 4.78 is 25.2. The molecule has 4 aromatic rings. The summed E-state index contributed by atoms with van der Waals surface area (Å²) in [6.07, 6.45) is 1.64. The molecule has 0 N–H and O–H groups in total. The van der Waals surface area contributed by atoms with E-state index in [1.54, 1.807) is 62.4 Å². The van der Waals surface area contributed by atoms with Gasteiger partial charge in [-0.15, -0.1) is 0 Å². The number of carbonyl (C=O) groups is 1. The first-order valence-corrected chi connectivity index (χ1v) is 14.7. The Labute approximate surface area is 253 Å². The van der Waals surface area contributed by atoms with Gasteiger partial charge in [-0.1, -0.05) is 39.4 Å². The molecule has 3 heterocycles. The number of hydrogen-bond acceptors (Lipinski definition) is 9. The number of nitrogens with zero attached hydrogens (tertiary/aromatic N) is 3. The van der Waals surface area contributed by atoms with Gasteiger partial charge in [0.05, 0.1) is 53.8 Å². The van der Waals surface area contributed by atoms with Crippen LogP contribution >= 0.6 is 27.3 Å². The number of aromatic nitrogens is 1. The number of fused-ring (bicyclic) bond motifs is 1. The largest absolute Gasteiger partial charge is 0.493 e. The van der Waals surface area contributed by atoms with Gasteiger partial charge in [-0.05, 0) is 62.7 Å². The minimum Gasteiger partial charge on any atom is -0.493 e. The Morgan fingerprint density at radius 3 is 2.69 bits per heavy atom. The minimum atomic E-state index is -0.851. The van der Waals surface area contributed by atoms with Gasteiger partial charge >= 0.3 is 5.97 Å². The van der Waals surface area contributed by atoms with Crippen LogP contribution in [-0.4, -0.2) is 30.9 Å². The van der Waals surface area contributed by atoms with Crippen LogP contribution in [0.3, 0.4) is 0 Å². The third kappa shape index (κ3) is 5.31. The van der Waals surface area contributed by atoms with E-state index in [4.69, 9.17) is 18.6 Å². The summed E-state index contributed by atoms with van der Waals surface area (Å²) in [7, 11) is 1.53. The van der Waals surface area contributed by atoms with Gasteiger partial charge in [-0.3, -0.25) is 9.36 Å². The molecule has 0 fully saturated rings. The SMILES string of the molecule is CCOC(=O)C1=C(C)N=c2s/c(=C/c3ccc(-c4ccccc4C#N)o3)c(=O)n2[C@@H]1c1cc(OC)c(OCC)cc1Br. The molecule has 1 aliphatic heterocycles. The number of furan rings is 1. The molecule has 2 aromatic heterocycles. The summed E-state index contributed by atoms with van der Waals surface area (Å²) in [5, 5.41) is 9.47. The number of nitriles is 1. The molecule has 1 aliphatic rings. The van der Waals surface area contributed by atoms with Gasteiger partial charge in [0, 0.05) is 16.1 Å². The van der Waals surface area contributed by atoms with E-state index >= 15 is 0 Å². The number of thiazole rings is 1. The zero-order valence-corrected chi connectivity index (χ0v) is 25.7. The highest BCUT2D eigenvalue weighted by Gasteiger charge is 2.35. The predicted molar refractivity (Wildman–Crippen MR) is 161 cm³/mol. The van der Waals surface area contributed by atoms with Crippen molar-refractivity contribution in [2.45, 2.75) is 26.8 Å². The molecule has 214 valence electrons. The molecule has 9 nitrogen and oxygen atoms in total. The molecule has 1 atom stereocenters. The second kappa shape index (κ2) is 12.2. The number of rotatable bonds is 8. The summed E-state index contributed by atoms with van der Waals surface area (Å²) >= 11 is 4.81. The molecule has 0 saturated heterocycles. The average Bonchev–Trinajstić information content (AvgIpc) is 3.57. The molecule has 0 bridgehead atoms. The summed E-state index contributed by atoms with van der Waals surface area (Å²) in [4.78, 5) is 32.3. The second-order valence-corrected chi connectivity index (χ2v) is 11.0. The third-order valence-electron chi connectivity index (χ3n) is 6.61. The van der Waals surface area contributed by atoms with Crippen molar-refractivity contribution in [1.82, 2.24) is 4.57 Å². The number of ether oxygens (including phenoxy) is 3. The van der Waals surface area contributed by atoms with Crippen molar-refractivity contribution >= 4 is 39.3 Å². The predicted octanol–water partition coefficient (Wildman–Crippen LogP) is 5.10. The van der Waals surface area contributed by atoms with E-state index in [1.807, 2.05) is 13.0 Å². The Hall–Kier alpha value is -4.40. The van der Waals surface area contributed by atoms with Crippen molar-refractivity contribution in [3.05, 3.63) is 101 Å². The number of carbonyl (C=O) groups excluding carboxylic acids is 1. The lowest BCUT2D eigenvalue weighted by molar-refractivity contribution is -0.139. The van der Waals surface area contributed by atoms with Crippen molar-refractivity contribution in [3.63, 3.8) is 0 Å². The Morgan fingerprint density at radius 1 is 1.19 bits per heavy atom. The van der Waals surface area contributed by atoms with Gasteiger partial charge in [0.2, 0.25) is 0 Å². The fraction of sp³-hybridized carbons (Fsp3) is 0.226. The lowest BCUT2D eigenvalue weighted by Crippen LogP contribution is -2.40. The average molecular weight is 649 g/mol. The van der Waals surface area contributed by atoms with E-state index < -0.39 is 12.0 Å². The maximum Gasteiger partial charge on any atom is 0.338 e. The molecule has 42 heavy (non-hydrogen) atoms. The van der Waals surface area contributed by atoms with Crippen LogP contribution < -0.4 is 24.4 Å². The van der Waals surface area contributed by atoms with Crippen molar-refractivity contribution in [2.24, 2.45) is 4.99 Å². The zero-order valence-electron chi connectivity index (χ0n) is 23.3. The number of esters is 1. The molecule has 0 spiro atoms. The Bertz CT molecular complexity index is 1950. The molecular weight excluding hydrogens is 622 g/mol. The summed E-state index contributed by atoms with van der Waals surface area (Å²) in [5.41, 5.74) is 2.08. The molecule has 11 heteroatoms. The Morgan fingerprint density at radius 2 is 1.98 bits per heavy atom.